The molecular formula is C18H25N5O2. The number of carbonyl (C=O) groups excluding carboxylic acids is 1. The predicted molar refractivity (Wildman–Crippen MR) is 93.4 cm³/mol. The van der Waals surface area contributed by atoms with Crippen molar-refractivity contribution in [1.29, 1.82) is 0 Å². The topological polar surface area (TPSA) is 73.1 Å². The molecule has 3 heterocycles. The Morgan fingerprint density at radius 1 is 1.44 bits per heavy atom. The molecule has 1 aliphatic rings. The van der Waals surface area contributed by atoms with Gasteiger partial charge in [0.05, 0.1) is 18.8 Å². The summed E-state index contributed by atoms with van der Waals surface area (Å²) in [6.45, 7) is 7.14. The molecular weight excluding hydrogens is 318 g/mol. The number of carbonyl (C=O) groups is 1. The summed E-state index contributed by atoms with van der Waals surface area (Å²) in [5.41, 5.74) is 2.50. The lowest BCUT2D eigenvalue weighted by atomic mass is 9.94. The average molecular weight is 343 g/mol. The molecule has 1 aliphatic heterocycles. The van der Waals surface area contributed by atoms with Gasteiger partial charge in [-0.25, -0.2) is 9.97 Å². The third kappa shape index (κ3) is 4.22. The maximum atomic E-state index is 13.0. The molecule has 0 spiro atoms. The number of ether oxygens (including phenoxy) is 1. The number of hydrogen-bond acceptors (Lipinski definition) is 5. The van der Waals surface area contributed by atoms with E-state index in [9.17, 15) is 4.79 Å². The van der Waals surface area contributed by atoms with Crippen molar-refractivity contribution in [2.24, 2.45) is 0 Å². The largest absolute Gasteiger partial charge is 0.380 e. The lowest BCUT2D eigenvalue weighted by molar-refractivity contribution is 0.0688. The first-order valence-corrected chi connectivity index (χ1v) is 8.86. The van der Waals surface area contributed by atoms with E-state index in [4.69, 9.17) is 4.74 Å². The second-order valence-corrected chi connectivity index (χ2v) is 6.32. The molecule has 0 aromatic carbocycles. The fourth-order valence-electron chi connectivity index (χ4n) is 3.29. The van der Waals surface area contributed by atoms with Gasteiger partial charge < -0.3 is 9.64 Å². The molecule has 2 aromatic heterocycles. The Kier molecular flexibility index (Phi) is 5.75. The Balaban J connectivity index is 1.72. The number of aryl methyl sites for hydroxylation is 1. The van der Waals surface area contributed by atoms with Gasteiger partial charge >= 0.3 is 0 Å². The van der Waals surface area contributed by atoms with E-state index in [1.54, 1.807) is 17.2 Å². The Morgan fingerprint density at radius 3 is 3.08 bits per heavy atom. The molecule has 3 rings (SSSR count). The molecule has 0 radical (unpaired) electrons. The van der Waals surface area contributed by atoms with Crippen LogP contribution in [0.1, 0.15) is 47.6 Å². The summed E-state index contributed by atoms with van der Waals surface area (Å²) >= 11 is 0. The molecule has 1 saturated heterocycles. The van der Waals surface area contributed by atoms with Crippen molar-refractivity contribution >= 4 is 5.91 Å². The number of likely N-dealkylation sites (tertiary alicyclic amines) is 1. The van der Waals surface area contributed by atoms with Gasteiger partial charge in [0.15, 0.2) is 0 Å². The van der Waals surface area contributed by atoms with Gasteiger partial charge in [-0.2, -0.15) is 5.10 Å². The summed E-state index contributed by atoms with van der Waals surface area (Å²) in [5, 5.41) is 4.44. The minimum atomic E-state index is 0.0378. The van der Waals surface area contributed by atoms with E-state index in [0.29, 0.717) is 32.0 Å². The van der Waals surface area contributed by atoms with Crippen molar-refractivity contribution in [2.45, 2.75) is 39.2 Å². The third-order valence-electron chi connectivity index (χ3n) is 4.50. The SMILES string of the molecule is CCOCCn1nc(C)cc1C(=O)N1CCCC(c2ccncn2)C1. The predicted octanol–water partition coefficient (Wildman–Crippen LogP) is 2.04. The number of amides is 1. The number of aromatic nitrogens is 4. The highest BCUT2D eigenvalue weighted by Gasteiger charge is 2.28. The summed E-state index contributed by atoms with van der Waals surface area (Å²) < 4.78 is 7.17. The summed E-state index contributed by atoms with van der Waals surface area (Å²) in [7, 11) is 0. The molecule has 25 heavy (non-hydrogen) atoms. The maximum Gasteiger partial charge on any atom is 0.272 e. The van der Waals surface area contributed by atoms with E-state index in [0.717, 1.165) is 30.8 Å². The highest BCUT2D eigenvalue weighted by atomic mass is 16.5. The van der Waals surface area contributed by atoms with Crippen LogP contribution in [0.4, 0.5) is 0 Å². The molecule has 0 saturated carbocycles. The standard InChI is InChI=1S/C18H25N5O2/c1-3-25-10-9-23-17(11-14(2)21-23)18(24)22-8-4-5-15(12-22)16-6-7-19-13-20-16/h6-7,11,13,15H,3-5,8-10,12H2,1-2H3. The molecule has 1 fully saturated rings. The number of nitrogens with zero attached hydrogens (tertiary/aromatic N) is 5. The van der Waals surface area contributed by atoms with Gasteiger partial charge in [-0.3, -0.25) is 9.48 Å². The van der Waals surface area contributed by atoms with E-state index in [2.05, 4.69) is 15.1 Å². The molecule has 7 heteroatoms. The summed E-state index contributed by atoms with van der Waals surface area (Å²) in [6.07, 6.45) is 5.35. The Labute approximate surface area is 148 Å². The van der Waals surface area contributed by atoms with Crippen molar-refractivity contribution in [3.63, 3.8) is 0 Å². The van der Waals surface area contributed by atoms with Crippen LogP contribution < -0.4 is 0 Å². The van der Waals surface area contributed by atoms with Crippen LogP contribution in [-0.2, 0) is 11.3 Å². The fraction of sp³-hybridized carbons (Fsp3) is 0.556. The van der Waals surface area contributed by atoms with Crippen LogP contribution >= 0.6 is 0 Å². The van der Waals surface area contributed by atoms with Crippen LogP contribution in [0.25, 0.3) is 0 Å². The summed E-state index contributed by atoms with van der Waals surface area (Å²) in [5.74, 6) is 0.303. The van der Waals surface area contributed by atoms with Crippen LogP contribution in [0.5, 0.6) is 0 Å². The van der Waals surface area contributed by atoms with E-state index in [1.807, 2.05) is 30.9 Å². The number of hydrogen-bond donors (Lipinski definition) is 0. The molecule has 7 nitrogen and oxygen atoms in total. The molecule has 2 aromatic rings. The van der Waals surface area contributed by atoms with Crippen molar-refractivity contribution in [3.05, 3.63) is 41.7 Å². The Morgan fingerprint density at radius 2 is 2.32 bits per heavy atom. The number of piperidine rings is 1. The monoisotopic (exact) mass is 343 g/mol. The first kappa shape index (κ1) is 17.5. The van der Waals surface area contributed by atoms with E-state index < -0.39 is 0 Å². The lowest BCUT2D eigenvalue weighted by Crippen LogP contribution is -2.40. The zero-order valence-electron chi connectivity index (χ0n) is 14.9. The van der Waals surface area contributed by atoms with Crippen LogP contribution in [0.15, 0.2) is 24.7 Å². The molecule has 1 unspecified atom stereocenters. The van der Waals surface area contributed by atoms with Gasteiger partial charge in [0, 0.05) is 37.5 Å². The first-order valence-electron chi connectivity index (χ1n) is 8.86. The highest BCUT2D eigenvalue weighted by molar-refractivity contribution is 5.92. The first-order chi connectivity index (χ1) is 12.2. The Bertz CT molecular complexity index is 701. The van der Waals surface area contributed by atoms with Crippen molar-refractivity contribution < 1.29 is 9.53 Å². The van der Waals surface area contributed by atoms with Crippen molar-refractivity contribution in [2.75, 3.05) is 26.3 Å². The van der Waals surface area contributed by atoms with Crippen molar-refractivity contribution in [1.82, 2.24) is 24.6 Å². The molecule has 0 bridgehead atoms. The van der Waals surface area contributed by atoms with Crippen LogP contribution in [0.3, 0.4) is 0 Å². The zero-order valence-corrected chi connectivity index (χ0v) is 14.9. The van der Waals surface area contributed by atoms with E-state index >= 15 is 0 Å². The van der Waals surface area contributed by atoms with Gasteiger partial charge in [-0.1, -0.05) is 0 Å². The second kappa shape index (κ2) is 8.20. The summed E-state index contributed by atoms with van der Waals surface area (Å²) in [4.78, 5) is 23.3. The maximum absolute atomic E-state index is 13.0. The highest BCUT2D eigenvalue weighted by Crippen LogP contribution is 2.26. The van der Waals surface area contributed by atoms with Gasteiger partial charge in [-0.15, -0.1) is 0 Å². The minimum Gasteiger partial charge on any atom is -0.380 e. The van der Waals surface area contributed by atoms with Gasteiger partial charge in [0.25, 0.3) is 5.91 Å². The van der Waals surface area contributed by atoms with Gasteiger partial charge in [0.2, 0.25) is 0 Å². The van der Waals surface area contributed by atoms with E-state index in [1.165, 1.54) is 0 Å². The fourth-order valence-corrected chi connectivity index (χ4v) is 3.29. The average Bonchev–Trinajstić information content (AvgIpc) is 3.03. The van der Waals surface area contributed by atoms with Gasteiger partial charge in [0.1, 0.15) is 12.0 Å². The molecule has 0 aliphatic carbocycles. The molecule has 0 N–H and O–H groups in total. The third-order valence-corrected chi connectivity index (χ3v) is 4.50. The molecule has 1 atom stereocenters. The normalized spacial score (nSPS) is 17.7. The molecule has 1 amide bonds. The zero-order chi connectivity index (χ0) is 17.6. The lowest BCUT2D eigenvalue weighted by Gasteiger charge is -2.32. The van der Waals surface area contributed by atoms with Gasteiger partial charge in [-0.05, 0) is 38.8 Å². The van der Waals surface area contributed by atoms with Crippen LogP contribution in [-0.4, -0.2) is 56.9 Å². The van der Waals surface area contributed by atoms with Crippen LogP contribution in [0.2, 0.25) is 0 Å². The quantitative estimate of drug-likeness (QED) is 0.751. The number of rotatable bonds is 6. The minimum absolute atomic E-state index is 0.0378. The van der Waals surface area contributed by atoms with Crippen LogP contribution in [0, 0.1) is 6.92 Å². The second-order valence-electron chi connectivity index (χ2n) is 6.32. The van der Waals surface area contributed by atoms with E-state index in [-0.39, 0.29) is 11.8 Å². The smallest absolute Gasteiger partial charge is 0.272 e. The summed E-state index contributed by atoms with van der Waals surface area (Å²) in [6, 6.07) is 3.80. The Hall–Kier alpha value is -2.28. The molecule has 134 valence electrons. The van der Waals surface area contributed by atoms with Crippen molar-refractivity contribution in [3.8, 4) is 0 Å².